The lowest BCUT2D eigenvalue weighted by molar-refractivity contribution is 0.626. The highest BCUT2D eigenvalue weighted by Crippen LogP contribution is 2.26. The standard InChI is InChI=1S/C14H12Cl2FN/c1-9-3-2-4-13(16)14(9)18-8-10-5-11(15)7-12(17)6-10/h2-7,18H,8H2,1H3. The second kappa shape index (κ2) is 5.59. The monoisotopic (exact) mass is 283 g/mol. The van der Waals surface area contributed by atoms with Crippen molar-refractivity contribution in [3.63, 3.8) is 0 Å². The van der Waals surface area contributed by atoms with Crippen LogP contribution >= 0.6 is 23.2 Å². The van der Waals surface area contributed by atoms with Crippen molar-refractivity contribution in [1.29, 1.82) is 0 Å². The summed E-state index contributed by atoms with van der Waals surface area (Å²) in [6.45, 7) is 2.44. The predicted octanol–water partition coefficient (Wildman–Crippen LogP) is 5.05. The number of aryl methyl sites for hydroxylation is 1. The Kier molecular flexibility index (Phi) is 4.10. The van der Waals surface area contributed by atoms with E-state index >= 15 is 0 Å². The van der Waals surface area contributed by atoms with Crippen molar-refractivity contribution in [3.05, 3.63) is 63.4 Å². The molecule has 2 rings (SSSR count). The van der Waals surface area contributed by atoms with E-state index in [0.29, 0.717) is 16.6 Å². The third kappa shape index (κ3) is 3.15. The fourth-order valence-corrected chi connectivity index (χ4v) is 2.29. The summed E-state index contributed by atoms with van der Waals surface area (Å²) in [5.41, 5.74) is 2.68. The summed E-state index contributed by atoms with van der Waals surface area (Å²) in [6, 6.07) is 10.1. The van der Waals surface area contributed by atoms with Crippen LogP contribution in [0.3, 0.4) is 0 Å². The second-order valence-corrected chi connectivity index (χ2v) is 4.91. The van der Waals surface area contributed by atoms with Gasteiger partial charge in [-0.25, -0.2) is 4.39 Å². The van der Waals surface area contributed by atoms with E-state index in [1.807, 2.05) is 25.1 Å². The van der Waals surface area contributed by atoms with Gasteiger partial charge >= 0.3 is 0 Å². The molecule has 0 aliphatic heterocycles. The van der Waals surface area contributed by atoms with E-state index in [0.717, 1.165) is 16.8 Å². The van der Waals surface area contributed by atoms with Gasteiger partial charge in [0.15, 0.2) is 0 Å². The lowest BCUT2D eigenvalue weighted by Gasteiger charge is -2.11. The van der Waals surface area contributed by atoms with Crippen molar-refractivity contribution >= 4 is 28.9 Å². The van der Waals surface area contributed by atoms with Gasteiger partial charge in [0.2, 0.25) is 0 Å². The van der Waals surface area contributed by atoms with E-state index in [9.17, 15) is 4.39 Å². The molecule has 0 aliphatic rings. The average Bonchev–Trinajstić information content (AvgIpc) is 2.27. The highest BCUT2D eigenvalue weighted by atomic mass is 35.5. The molecular formula is C14H12Cl2FN. The van der Waals surface area contributed by atoms with Crippen LogP contribution in [0.1, 0.15) is 11.1 Å². The van der Waals surface area contributed by atoms with Crippen LogP contribution < -0.4 is 5.32 Å². The maximum absolute atomic E-state index is 13.2. The quantitative estimate of drug-likeness (QED) is 0.831. The average molecular weight is 284 g/mol. The predicted molar refractivity (Wildman–Crippen MR) is 74.9 cm³/mol. The molecule has 1 N–H and O–H groups in total. The Labute approximate surface area is 116 Å². The molecule has 0 atom stereocenters. The van der Waals surface area contributed by atoms with E-state index < -0.39 is 0 Å². The minimum absolute atomic E-state index is 0.338. The Balaban J connectivity index is 2.16. The third-order valence-electron chi connectivity index (χ3n) is 2.61. The number of halogens is 3. The van der Waals surface area contributed by atoms with Crippen LogP contribution in [0.25, 0.3) is 0 Å². The Morgan fingerprint density at radius 2 is 1.94 bits per heavy atom. The van der Waals surface area contributed by atoms with E-state index in [2.05, 4.69) is 5.32 Å². The molecule has 0 radical (unpaired) electrons. The summed E-state index contributed by atoms with van der Waals surface area (Å²) in [5.74, 6) is -0.338. The summed E-state index contributed by atoms with van der Waals surface area (Å²) in [7, 11) is 0. The molecule has 0 unspecified atom stereocenters. The van der Waals surface area contributed by atoms with Crippen LogP contribution in [-0.4, -0.2) is 0 Å². The number of para-hydroxylation sites is 1. The van der Waals surface area contributed by atoms with Crippen molar-refractivity contribution in [2.24, 2.45) is 0 Å². The molecule has 4 heteroatoms. The number of hydrogen-bond donors (Lipinski definition) is 1. The Morgan fingerprint density at radius 3 is 2.61 bits per heavy atom. The van der Waals surface area contributed by atoms with E-state index in [4.69, 9.17) is 23.2 Å². The summed E-state index contributed by atoms with van der Waals surface area (Å²) in [6.07, 6.45) is 0. The maximum atomic E-state index is 13.2. The van der Waals surface area contributed by atoms with Crippen molar-refractivity contribution < 1.29 is 4.39 Å². The van der Waals surface area contributed by atoms with Crippen LogP contribution in [0.2, 0.25) is 10.0 Å². The van der Waals surface area contributed by atoms with Crippen molar-refractivity contribution in [1.82, 2.24) is 0 Å². The first-order valence-corrected chi connectivity index (χ1v) is 6.26. The van der Waals surface area contributed by atoms with E-state index in [1.54, 1.807) is 6.07 Å². The van der Waals surface area contributed by atoms with Gasteiger partial charge < -0.3 is 5.32 Å². The highest BCUT2D eigenvalue weighted by molar-refractivity contribution is 6.33. The lowest BCUT2D eigenvalue weighted by atomic mass is 10.1. The molecule has 0 amide bonds. The largest absolute Gasteiger partial charge is 0.380 e. The molecule has 0 aliphatic carbocycles. The number of benzene rings is 2. The van der Waals surface area contributed by atoms with Crippen LogP contribution in [0.5, 0.6) is 0 Å². The minimum atomic E-state index is -0.338. The molecule has 0 bridgehead atoms. The summed E-state index contributed by atoms with van der Waals surface area (Å²) in [4.78, 5) is 0. The van der Waals surface area contributed by atoms with Gasteiger partial charge in [0, 0.05) is 11.6 Å². The Hall–Kier alpha value is -1.25. The first kappa shape index (κ1) is 13.2. The first-order valence-electron chi connectivity index (χ1n) is 5.50. The van der Waals surface area contributed by atoms with Crippen LogP contribution in [0, 0.1) is 12.7 Å². The number of rotatable bonds is 3. The zero-order chi connectivity index (χ0) is 13.1. The zero-order valence-electron chi connectivity index (χ0n) is 9.81. The van der Waals surface area contributed by atoms with Crippen molar-refractivity contribution in [3.8, 4) is 0 Å². The number of nitrogens with one attached hydrogen (secondary N) is 1. The molecule has 0 aromatic heterocycles. The second-order valence-electron chi connectivity index (χ2n) is 4.06. The fraction of sp³-hybridized carbons (Fsp3) is 0.143. The van der Waals surface area contributed by atoms with Crippen LogP contribution in [0.4, 0.5) is 10.1 Å². The molecule has 0 fully saturated rings. The van der Waals surface area contributed by atoms with E-state index in [-0.39, 0.29) is 5.82 Å². The molecule has 1 nitrogen and oxygen atoms in total. The highest BCUT2D eigenvalue weighted by Gasteiger charge is 2.04. The molecule has 0 spiro atoms. The topological polar surface area (TPSA) is 12.0 Å². The Bertz CT molecular complexity index is 529. The molecule has 94 valence electrons. The minimum Gasteiger partial charge on any atom is -0.380 e. The number of hydrogen-bond acceptors (Lipinski definition) is 1. The molecule has 0 saturated heterocycles. The van der Waals surface area contributed by atoms with Gasteiger partial charge in [-0.15, -0.1) is 0 Å². The SMILES string of the molecule is Cc1cccc(Cl)c1NCc1cc(F)cc(Cl)c1. The van der Waals surface area contributed by atoms with Gasteiger partial charge in [-0.1, -0.05) is 35.3 Å². The van der Waals surface area contributed by atoms with Gasteiger partial charge in [-0.05, 0) is 42.3 Å². The maximum Gasteiger partial charge on any atom is 0.125 e. The zero-order valence-corrected chi connectivity index (χ0v) is 11.3. The van der Waals surface area contributed by atoms with Crippen LogP contribution in [-0.2, 0) is 6.54 Å². The van der Waals surface area contributed by atoms with Gasteiger partial charge in [-0.2, -0.15) is 0 Å². The molecule has 0 saturated carbocycles. The van der Waals surface area contributed by atoms with Crippen molar-refractivity contribution in [2.45, 2.75) is 13.5 Å². The fourth-order valence-electron chi connectivity index (χ4n) is 1.76. The summed E-state index contributed by atoms with van der Waals surface area (Å²) >= 11 is 11.9. The van der Waals surface area contributed by atoms with Gasteiger partial charge in [0.05, 0.1) is 10.7 Å². The van der Waals surface area contributed by atoms with Gasteiger partial charge in [-0.3, -0.25) is 0 Å². The normalized spacial score (nSPS) is 10.4. The molecule has 18 heavy (non-hydrogen) atoms. The molecule has 2 aromatic carbocycles. The van der Waals surface area contributed by atoms with E-state index in [1.165, 1.54) is 12.1 Å². The smallest absolute Gasteiger partial charge is 0.125 e. The van der Waals surface area contributed by atoms with Gasteiger partial charge in [0.25, 0.3) is 0 Å². The lowest BCUT2D eigenvalue weighted by Crippen LogP contribution is -2.02. The molecule has 0 heterocycles. The molecule has 2 aromatic rings. The molecular weight excluding hydrogens is 272 g/mol. The summed E-state index contributed by atoms with van der Waals surface area (Å²) < 4.78 is 13.2. The third-order valence-corrected chi connectivity index (χ3v) is 3.15. The first-order chi connectivity index (χ1) is 8.56. The van der Waals surface area contributed by atoms with Crippen LogP contribution in [0.15, 0.2) is 36.4 Å². The Morgan fingerprint density at radius 1 is 1.17 bits per heavy atom. The summed E-state index contributed by atoms with van der Waals surface area (Å²) in [5, 5.41) is 4.24. The number of anilines is 1. The van der Waals surface area contributed by atoms with Gasteiger partial charge in [0.1, 0.15) is 5.82 Å². The van der Waals surface area contributed by atoms with Crippen molar-refractivity contribution in [2.75, 3.05) is 5.32 Å².